The number of carboxylic acid groups (broad SMARTS) is 1. The van der Waals surface area contributed by atoms with Crippen LogP contribution in [0.5, 0.6) is 11.5 Å². The van der Waals surface area contributed by atoms with Gasteiger partial charge in [0.05, 0.1) is 19.6 Å². The first-order chi connectivity index (χ1) is 20.1. The molecule has 3 heterocycles. The van der Waals surface area contributed by atoms with Crippen molar-refractivity contribution in [2.75, 3.05) is 13.2 Å². The number of carbonyl (C=O) groups is 1. The van der Waals surface area contributed by atoms with Gasteiger partial charge in [0.1, 0.15) is 11.5 Å². The first kappa shape index (κ1) is 33.7. The van der Waals surface area contributed by atoms with Crippen molar-refractivity contribution in [3.05, 3.63) is 34.5 Å². The second-order valence-corrected chi connectivity index (χ2v) is 13.9. The Kier molecular flexibility index (Phi) is 16.5. The molecule has 3 aromatic heterocycles. The van der Waals surface area contributed by atoms with Gasteiger partial charge in [-0.3, -0.25) is 4.79 Å². The highest BCUT2D eigenvalue weighted by molar-refractivity contribution is 7.26. The largest absolute Gasteiger partial charge is 0.493 e. The summed E-state index contributed by atoms with van der Waals surface area (Å²) in [6.45, 7) is 6.00. The Labute approximate surface area is 260 Å². The molecule has 4 nitrogen and oxygen atoms in total. The molecule has 0 aliphatic rings. The minimum atomic E-state index is -0.807. The Morgan fingerprint density at radius 1 is 0.634 bits per heavy atom. The molecule has 0 aromatic carbocycles. The normalized spacial score (nSPS) is 11.3. The number of rotatable bonds is 24. The topological polar surface area (TPSA) is 55.8 Å². The van der Waals surface area contributed by atoms with Crippen LogP contribution in [0.15, 0.2) is 29.0 Å². The molecule has 0 amide bonds. The molecule has 0 bridgehead atoms. The number of hydrogen-bond donors (Lipinski definition) is 1. The third-order valence-electron chi connectivity index (χ3n) is 7.30. The van der Waals surface area contributed by atoms with Gasteiger partial charge in [-0.15, -0.1) is 34.0 Å². The molecule has 228 valence electrons. The van der Waals surface area contributed by atoms with Crippen molar-refractivity contribution in [3.63, 3.8) is 0 Å². The number of unbranched alkanes of at least 4 members (excludes halogenated alkanes) is 14. The van der Waals surface area contributed by atoms with Crippen LogP contribution in [-0.2, 0) is 11.2 Å². The van der Waals surface area contributed by atoms with Crippen LogP contribution in [0, 0.1) is 0 Å². The summed E-state index contributed by atoms with van der Waals surface area (Å²) in [7, 11) is 0. The molecule has 0 aliphatic carbocycles. The predicted molar refractivity (Wildman–Crippen MR) is 178 cm³/mol. The van der Waals surface area contributed by atoms with Crippen LogP contribution in [-0.4, -0.2) is 24.3 Å². The van der Waals surface area contributed by atoms with Crippen LogP contribution in [0.4, 0.5) is 0 Å². The van der Waals surface area contributed by atoms with Gasteiger partial charge in [0.25, 0.3) is 0 Å². The zero-order valence-corrected chi connectivity index (χ0v) is 27.7. The van der Waals surface area contributed by atoms with Crippen molar-refractivity contribution in [2.45, 2.75) is 123 Å². The molecule has 3 aromatic rings. The molecule has 7 heteroatoms. The predicted octanol–water partition coefficient (Wildman–Crippen LogP) is 11.9. The van der Waals surface area contributed by atoms with Gasteiger partial charge < -0.3 is 14.6 Å². The lowest BCUT2D eigenvalue weighted by molar-refractivity contribution is -0.136. The van der Waals surface area contributed by atoms with E-state index in [2.05, 4.69) is 31.4 Å². The summed E-state index contributed by atoms with van der Waals surface area (Å²) in [4.78, 5) is 16.0. The van der Waals surface area contributed by atoms with E-state index in [0.29, 0.717) is 0 Å². The Bertz CT molecular complexity index is 1110. The van der Waals surface area contributed by atoms with E-state index in [4.69, 9.17) is 9.47 Å². The van der Waals surface area contributed by atoms with E-state index in [1.165, 1.54) is 89.9 Å². The van der Waals surface area contributed by atoms with Gasteiger partial charge in [0.2, 0.25) is 0 Å². The van der Waals surface area contributed by atoms with Crippen LogP contribution >= 0.6 is 34.0 Å². The number of thiophene rings is 3. The van der Waals surface area contributed by atoms with Crippen molar-refractivity contribution in [1.29, 1.82) is 0 Å². The molecule has 0 aliphatic heterocycles. The lowest BCUT2D eigenvalue weighted by atomic mass is 10.1. The quantitative estimate of drug-likeness (QED) is 0.101. The molecule has 0 saturated heterocycles. The van der Waals surface area contributed by atoms with Gasteiger partial charge in [-0.1, -0.05) is 104 Å². The summed E-state index contributed by atoms with van der Waals surface area (Å²) in [6.07, 6.45) is 20.6. The maximum Gasteiger partial charge on any atom is 0.307 e. The van der Waals surface area contributed by atoms with Crippen molar-refractivity contribution in [2.24, 2.45) is 0 Å². The number of carboxylic acids is 1. The Morgan fingerprint density at radius 3 is 1.61 bits per heavy atom. The molecule has 0 radical (unpaired) electrons. The molecule has 0 spiro atoms. The molecule has 0 atom stereocenters. The van der Waals surface area contributed by atoms with Crippen LogP contribution < -0.4 is 9.47 Å². The highest BCUT2D eigenvalue weighted by Crippen LogP contribution is 2.44. The fourth-order valence-electron chi connectivity index (χ4n) is 4.94. The minimum Gasteiger partial charge on any atom is -0.493 e. The molecular formula is C34H50O4S3. The number of ether oxygens (including phenoxy) is 2. The molecule has 0 fully saturated rings. The Balaban J connectivity index is 1.48. The van der Waals surface area contributed by atoms with E-state index in [0.717, 1.165) is 62.6 Å². The fourth-order valence-corrected chi connectivity index (χ4v) is 8.02. The van der Waals surface area contributed by atoms with Gasteiger partial charge in [-0.2, -0.15) is 0 Å². The summed E-state index contributed by atoms with van der Waals surface area (Å²) in [5.74, 6) is 0.992. The highest BCUT2D eigenvalue weighted by atomic mass is 32.1. The summed E-state index contributed by atoms with van der Waals surface area (Å²) in [5, 5.41) is 13.7. The SMILES string of the molecule is CCCCCCCCCCOc1csc(-c2cc(CC(=O)O)c(-c3cc(OCCCCCCCCCC)cs3)s2)c1. The monoisotopic (exact) mass is 618 g/mol. The van der Waals surface area contributed by atoms with Crippen molar-refractivity contribution in [3.8, 4) is 31.0 Å². The molecule has 1 N–H and O–H groups in total. The average molecular weight is 619 g/mol. The van der Waals surface area contributed by atoms with Gasteiger partial charge in [0.15, 0.2) is 0 Å². The van der Waals surface area contributed by atoms with Crippen LogP contribution in [0.25, 0.3) is 19.5 Å². The van der Waals surface area contributed by atoms with Gasteiger partial charge >= 0.3 is 5.97 Å². The fraction of sp³-hybridized carbons (Fsp3) is 0.618. The maximum atomic E-state index is 11.6. The lowest BCUT2D eigenvalue weighted by Crippen LogP contribution is -1.99. The van der Waals surface area contributed by atoms with E-state index in [9.17, 15) is 9.90 Å². The molecule has 0 saturated carbocycles. The van der Waals surface area contributed by atoms with Crippen LogP contribution in [0.3, 0.4) is 0 Å². The highest BCUT2D eigenvalue weighted by Gasteiger charge is 2.18. The van der Waals surface area contributed by atoms with Gasteiger partial charge in [-0.05, 0) is 36.6 Å². The summed E-state index contributed by atoms with van der Waals surface area (Å²) < 4.78 is 12.1. The molecule has 3 rings (SSSR count). The maximum absolute atomic E-state index is 11.6. The third-order valence-corrected chi connectivity index (χ3v) is 10.7. The summed E-state index contributed by atoms with van der Waals surface area (Å²) >= 11 is 4.96. The minimum absolute atomic E-state index is 0.0192. The Hall–Kier alpha value is -1.83. The molecule has 41 heavy (non-hydrogen) atoms. The van der Waals surface area contributed by atoms with E-state index < -0.39 is 5.97 Å². The number of aliphatic carboxylic acids is 1. The first-order valence-corrected chi connectivity index (χ1v) is 18.5. The zero-order valence-electron chi connectivity index (χ0n) is 25.2. The van der Waals surface area contributed by atoms with E-state index >= 15 is 0 Å². The standard InChI is InChI=1S/C34H50O4S3/c1-3-5-7-9-11-13-15-17-19-37-28-23-30(39-25-28)31-21-27(22-33(35)36)34(41-31)32-24-29(26-40-32)38-20-18-16-14-12-10-8-6-4-2/h21,23-26H,3-20,22H2,1-2H3,(H,35,36). The molecule has 0 unspecified atom stereocenters. The zero-order chi connectivity index (χ0) is 29.1. The van der Waals surface area contributed by atoms with Crippen LogP contribution in [0.1, 0.15) is 122 Å². The smallest absolute Gasteiger partial charge is 0.307 e. The first-order valence-electron chi connectivity index (χ1n) is 15.9. The van der Waals surface area contributed by atoms with E-state index in [1.54, 1.807) is 34.0 Å². The summed E-state index contributed by atoms with van der Waals surface area (Å²) in [6, 6.07) is 6.22. The van der Waals surface area contributed by atoms with E-state index in [-0.39, 0.29) is 6.42 Å². The van der Waals surface area contributed by atoms with E-state index in [1.807, 2.05) is 11.4 Å². The van der Waals surface area contributed by atoms with Gasteiger partial charge in [0, 0.05) is 30.3 Å². The number of hydrogen-bond acceptors (Lipinski definition) is 6. The third kappa shape index (κ3) is 12.9. The lowest BCUT2D eigenvalue weighted by Gasteiger charge is -2.04. The Morgan fingerprint density at radius 2 is 1.10 bits per heavy atom. The van der Waals surface area contributed by atoms with Gasteiger partial charge in [-0.25, -0.2) is 0 Å². The van der Waals surface area contributed by atoms with Crippen molar-refractivity contribution >= 4 is 40.0 Å². The van der Waals surface area contributed by atoms with Crippen molar-refractivity contribution < 1.29 is 19.4 Å². The van der Waals surface area contributed by atoms with Crippen molar-refractivity contribution in [1.82, 2.24) is 0 Å². The van der Waals surface area contributed by atoms with Crippen LogP contribution in [0.2, 0.25) is 0 Å². The molecular weight excluding hydrogens is 569 g/mol. The second-order valence-electron chi connectivity index (χ2n) is 11.0. The summed E-state index contributed by atoms with van der Waals surface area (Å²) in [5.41, 5.74) is 0.865. The second kappa shape index (κ2) is 20.1. The average Bonchev–Trinajstić information content (AvgIpc) is 3.71.